The first-order valence-electron chi connectivity index (χ1n) is 17.1. The number of H-pyrrole nitrogens is 2. The second-order valence-electron chi connectivity index (χ2n) is 12.9. The first-order chi connectivity index (χ1) is 23.7. The molecular formula is C40H40N6O2. The maximum Gasteiger partial charge on any atom is 0.223 e. The summed E-state index contributed by atoms with van der Waals surface area (Å²) in [7, 11) is 0. The molecule has 0 unspecified atom stereocenters. The largest absolute Gasteiger partial charge is 0.381 e. The lowest BCUT2D eigenvalue weighted by Gasteiger charge is -2.25. The number of para-hydroxylation sites is 2. The molecule has 242 valence electrons. The summed E-state index contributed by atoms with van der Waals surface area (Å²) in [5, 5.41) is 18.0. The third kappa shape index (κ3) is 6.11. The summed E-state index contributed by atoms with van der Waals surface area (Å²) in [6, 6.07) is 31.4. The predicted molar refractivity (Wildman–Crippen MR) is 190 cm³/mol. The van der Waals surface area contributed by atoms with Gasteiger partial charge in [-0.15, -0.1) is 10.2 Å². The van der Waals surface area contributed by atoms with Crippen LogP contribution in [-0.4, -0.2) is 43.9 Å². The summed E-state index contributed by atoms with van der Waals surface area (Å²) in [5.41, 5.74) is 5.90. The average molecular weight is 637 g/mol. The van der Waals surface area contributed by atoms with E-state index >= 15 is 0 Å². The van der Waals surface area contributed by atoms with E-state index < -0.39 is 0 Å². The van der Waals surface area contributed by atoms with Crippen molar-refractivity contribution in [3.63, 3.8) is 0 Å². The minimum atomic E-state index is -0.357. The van der Waals surface area contributed by atoms with Crippen LogP contribution in [0.1, 0.15) is 53.6 Å². The van der Waals surface area contributed by atoms with E-state index in [-0.39, 0.29) is 17.9 Å². The number of aromatic nitrogens is 5. The van der Waals surface area contributed by atoms with Crippen molar-refractivity contribution in [3.05, 3.63) is 132 Å². The molecule has 0 bridgehead atoms. The number of nitrogens with one attached hydrogen (secondary N) is 3. The Balaban J connectivity index is 1.16. The second kappa shape index (κ2) is 13.5. The number of aryl methyl sites for hydroxylation is 2. The van der Waals surface area contributed by atoms with E-state index in [2.05, 4.69) is 117 Å². The normalized spacial score (nSPS) is 14.6. The first kappa shape index (κ1) is 30.1. The molecule has 4 heterocycles. The average Bonchev–Trinajstić information content (AvgIpc) is 3.86. The molecule has 8 nitrogen and oxygen atoms in total. The van der Waals surface area contributed by atoms with Crippen LogP contribution in [-0.2, 0) is 35.3 Å². The number of carbonyl (C=O) groups is 1. The van der Waals surface area contributed by atoms with Crippen LogP contribution in [0.3, 0.4) is 0 Å². The van der Waals surface area contributed by atoms with E-state index in [1.807, 2.05) is 6.07 Å². The number of ether oxygens (including phenoxy) is 1. The van der Waals surface area contributed by atoms with Crippen LogP contribution < -0.4 is 5.32 Å². The highest BCUT2D eigenvalue weighted by molar-refractivity contribution is 5.86. The van der Waals surface area contributed by atoms with Crippen LogP contribution in [0.2, 0.25) is 0 Å². The highest BCUT2D eigenvalue weighted by Gasteiger charge is 2.29. The number of carbonyl (C=O) groups excluding carboxylic acids is 1. The number of rotatable bonds is 11. The Morgan fingerprint density at radius 1 is 0.771 bits per heavy atom. The zero-order valence-electron chi connectivity index (χ0n) is 27.0. The molecular weight excluding hydrogens is 596 g/mol. The molecule has 0 aliphatic carbocycles. The van der Waals surface area contributed by atoms with Gasteiger partial charge in [0.05, 0.1) is 12.6 Å². The van der Waals surface area contributed by atoms with E-state index in [0.717, 1.165) is 65.7 Å². The van der Waals surface area contributed by atoms with Crippen LogP contribution in [0.4, 0.5) is 0 Å². The lowest BCUT2D eigenvalue weighted by atomic mass is 9.97. The molecule has 1 aliphatic heterocycles. The fourth-order valence-corrected chi connectivity index (χ4v) is 7.32. The van der Waals surface area contributed by atoms with E-state index in [1.54, 1.807) is 0 Å². The highest BCUT2D eigenvalue weighted by Crippen LogP contribution is 2.28. The van der Waals surface area contributed by atoms with Gasteiger partial charge in [0.15, 0.2) is 5.82 Å². The molecule has 1 saturated heterocycles. The molecule has 7 aromatic rings. The number of nitrogens with zero attached hydrogens (tertiary/aromatic N) is 3. The zero-order chi connectivity index (χ0) is 32.3. The molecule has 4 aromatic carbocycles. The van der Waals surface area contributed by atoms with Gasteiger partial charge in [0.1, 0.15) is 5.82 Å². The van der Waals surface area contributed by atoms with Crippen molar-refractivity contribution < 1.29 is 9.53 Å². The number of benzene rings is 4. The van der Waals surface area contributed by atoms with Gasteiger partial charge in [-0.1, -0.05) is 78.9 Å². The Hall–Kier alpha value is -5.21. The standard InChI is InChI=1S/C40H40N6O2/c47-40(28-19-21-48-22-20-28)43-37(23-31-25-42-36-17-6-4-15-34(31)36)39-45-44-38(18-8-11-29-24-41-35-16-5-3-14-33(29)35)46(39)26-30-12-7-10-27-9-1-2-13-32(27)30/h1-7,9-10,12-17,24-25,28,37,41-42H,8,11,18-23,26H2,(H,43,47)/t37-/m1/s1. The van der Waals surface area contributed by atoms with E-state index in [1.165, 1.54) is 27.3 Å². The van der Waals surface area contributed by atoms with Crippen LogP contribution in [0, 0.1) is 5.92 Å². The van der Waals surface area contributed by atoms with E-state index in [0.29, 0.717) is 26.2 Å². The van der Waals surface area contributed by atoms with Gasteiger partial charge >= 0.3 is 0 Å². The number of aromatic amines is 2. The monoisotopic (exact) mass is 636 g/mol. The molecule has 1 atom stereocenters. The van der Waals surface area contributed by atoms with Crippen molar-refractivity contribution in [2.45, 2.75) is 51.1 Å². The topological polar surface area (TPSA) is 101 Å². The van der Waals surface area contributed by atoms with Crippen molar-refractivity contribution >= 4 is 38.5 Å². The minimum Gasteiger partial charge on any atom is -0.381 e. The van der Waals surface area contributed by atoms with Crippen LogP contribution in [0.25, 0.3) is 32.6 Å². The van der Waals surface area contributed by atoms with Gasteiger partial charge in [-0.25, -0.2) is 0 Å². The van der Waals surface area contributed by atoms with Crippen molar-refractivity contribution in [1.82, 2.24) is 30.0 Å². The lowest BCUT2D eigenvalue weighted by Crippen LogP contribution is -2.38. The molecule has 3 N–H and O–H groups in total. The lowest BCUT2D eigenvalue weighted by molar-refractivity contribution is -0.128. The third-order valence-corrected chi connectivity index (χ3v) is 9.91. The summed E-state index contributed by atoms with van der Waals surface area (Å²) in [6.07, 6.45) is 8.87. The molecule has 0 spiro atoms. The van der Waals surface area contributed by atoms with E-state index in [9.17, 15) is 4.79 Å². The summed E-state index contributed by atoms with van der Waals surface area (Å²) in [6.45, 7) is 1.84. The Morgan fingerprint density at radius 3 is 2.23 bits per heavy atom. The van der Waals surface area contributed by atoms with Crippen LogP contribution in [0.5, 0.6) is 0 Å². The van der Waals surface area contributed by atoms with E-state index in [4.69, 9.17) is 14.9 Å². The fourth-order valence-electron chi connectivity index (χ4n) is 7.32. The van der Waals surface area contributed by atoms with Crippen LogP contribution >= 0.6 is 0 Å². The maximum atomic E-state index is 13.8. The predicted octanol–water partition coefficient (Wildman–Crippen LogP) is 7.44. The van der Waals surface area contributed by atoms with Gasteiger partial charge in [0.25, 0.3) is 0 Å². The Bertz CT molecular complexity index is 2180. The third-order valence-electron chi connectivity index (χ3n) is 9.91. The fraction of sp³-hybridized carbons (Fsp3) is 0.275. The number of amides is 1. The molecule has 8 rings (SSSR count). The van der Waals surface area contributed by atoms with Gasteiger partial charge in [0, 0.05) is 66.2 Å². The summed E-state index contributed by atoms with van der Waals surface area (Å²) in [5.74, 6) is 1.70. The molecule has 0 saturated carbocycles. The number of fused-ring (bicyclic) bond motifs is 3. The molecule has 48 heavy (non-hydrogen) atoms. The molecule has 8 heteroatoms. The molecule has 0 radical (unpaired) electrons. The van der Waals surface area contributed by atoms with Crippen molar-refractivity contribution in [2.75, 3.05) is 13.2 Å². The van der Waals surface area contributed by atoms with Gasteiger partial charge < -0.3 is 24.6 Å². The summed E-state index contributed by atoms with van der Waals surface area (Å²) < 4.78 is 7.84. The minimum absolute atomic E-state index is 0.0590. The SMILES string of the molecule is O=C(N[C@H](Cc1c[nH]c2ccccc12)c1nnc(CCCc2c[nH]c3ccccc23)n1Cc1cccc2ccccc12)C1CCOCC1. The van der Waals surface area contributed by atoms with Gasteiger partial charge in [-0.3, -0.25) is 4.79 Å². The molecule has 1 fully saturated rings. The Kier molecular flexibility index (Phi) is 8.47. The first-order valence-corrected chi connectivity index (χ1v) is 17.1. The molecule has 1 aliphatic rings. The van der Waals surface area contributed by atoms with Gasteiger partial charge in [-0.2, -0.15) is 0 Å². The summed E-state index contributed by atoms with van der Waals surface area (Å²) in [4.78, 5) is 20.6. The Morgan fingerprint density at radius 2 is 1.44 bits per heavy atom. The number of hydrogen-bond donors (Lipinski definition) is 3. The quantitative estimate of drug-likeness (QED) is 0.137. The van der Waals surface area contributed by atoms with Crippen molar-refractivity contribution in [2.24, 2.45) is 5.92 Å². The summed E-state index contributed by atoms with van der Waals surface area (Å²) >= 11 is 0. The zero-order valence-corrected chi connectivity index (χ0v) is 27.0. The molecule has 1 amide bonds. The highest BCUT2D eigenvalue weighted by atomic mass is 16.5. The van der Waals surface area contributed by atoms with Crippen molar-refractivity contribution in [3.8, 4) is 0 Å². The van der Waals surface area contributed by atoms with Crippen LogP contribution in [0.15, 0.2) is 103 Å². The number of hydrogen-bond acceptors (Lipinski definition) is 4. The molecule has 3 aromatic heterocycles. The van der Waals surface area contributed by atoms with Gasteiger partial charge in [-0.05, 0) is 65.3 Å². The second-order valence-corrected chi connectivity index (χ2v) is 12.9. The maximum absolute atomic E-state index is 13.8. The Labute approximate surface area is 279 Å². The van der Waals surface area contributed by atoms with Crippen molar-refractivity contribution in [1.29, 1.82) is 0 Å². The smallest absolute Gasteiger partial charge is 0.223 e. The van der Waals surface area contributed by atoms with Gasteiger partial charge in [0.2, 0.25) is 5.91 Å².